The van der Waals surface area contributed by atoms with Crippen molar-refractivity contribution in [1.29, 1.82) is 0 Å². The minimum Gasteiger partial charge on any atom is -0.454 e. The molecule has 112 valence electrons. The van der Waals surface area contributed by atoms with Gasteiger partial charge in [-0.25, -0.2) is 0 Å². The fourth-order valence-corrected chi connectivity index (χ4v) is 2.18. The van der Waals surface area contributed by atoms with E-state index < -0.39 is 0 Å². The molecule has 0 unspecified atom stereocenters. The summed E-state index contributed by atoms with van der Waals surface area (Å²) in [6.45, 7) is 7.08. The van der Waals surface area contributed by atoms with E-state index in [-0.39, 0.29) is 5.54 Å². The summed E-state index contributed by atoms with van der Waals surface area (Å²) in [7, 11) is 0. The molecule has 0 saturated carbocycles. The number of hydrogen-bond donors (Lipinski definition) is 1. The molecule has 0 atom stereocenters. The minimum atomic E-state index is 0.0357. The topological polar surface area (TPSA) is 34.2 Å². The van der Waals surface area contributed by atoms with Gasteiger partial charge in [0.25, 0.3) is 0 Å². The molecule has 0 aliphatic heterocycles. The highest BCUT2D eigenvalue weighted by molar-refractivity contribution is 9.10. The zero-order valence-corrected chi connectivity index (χ0v) is 14.6. The number of aromatic nitrogens is 1. The summed E-state index contributed by atoms with van der Waals surface area (Å²) in [6, 6.07) is 7.46. The first-order valence-corrected chi connectivity index (χ1v) is 7.83. The second-order valence-corrected chi connectivity index (χ2v) is 7.09. The van der Waals surface area contributed by atoms with Gasteiger partial charge < -0.3 is 10.1 Å². The summed E-state index contributed by atoms with van der Waals surface area (Å²) in [5.41, 5.74) is 1.07. The van der Waals surface area contributed by atoms with Gasteiger partial charge >= 0.3 is 0 Å². The predicted octanol–water partition coefficient (Wildman–Crippen LogP) is 5.18. The number of hydrogen-bond acceptors (Lipinski definition) is 3. The van der Waals surface area contributed by atoms with E-state index in [1.54, 1.807) is 18.5 Å². The third-order valence-corrected chi connectivity index (χ3v) is 3.60. The van der Waals surface area contributed by atoms with Crippen molar-refractivity contribution in [2.24, 2.45) is 0 Å². The van der Waals surface area contributed by atoms with Crippen molar-refractivity contribution < 1.29 is 4.74 Å². The summed E-state index contributed by atoms with van der Waals surface area (Å²) in [5, 5.41) is 4.01. The van der Waals surface area contributed by atoms with Crippen LogP contribution in [0.5, 0.6) is 11.5 Å². The van der Waals surface area contributed by atoms with Gasteiger partial charge in [0, 0.05) is 28.3 Å². The molecule has 3 nitrogen and oxygen atoms in total. The zero-order chi connectivity index (χ0) is 15.5. The van der Waals surface area contributed by atoms with Gasteiger partial charge in [0.2, 0.25) is 0 Å². The summed E-state index contributed by atoms with van der Waals surface area (Å²) in [5.74, 6) is 1.31. The van der Waals surface area contributed by atoms with Gasteiger partial charge in [0.05, 0.1) is 11.2 Å². The number of pyridine rings is 1. The number of halogens is 2. The van der Waals surface area contributed by atoms with E-state index in [2.05, 4.69) is 47.0 Å². The SMILES string of the molecule is CC(C)(C)NCc1ccncc1Oc1cc(Br)ccc1Cl. The summed E-state index contributed by atoms with van der Waals surface area (Å²) >= 11 is 9.58. The first-order chi connectivity index (χ1) is 9.85. The molecule has 0 bridgehead atoms. The predicted molar refractivity (Wildman–Crippen MR) is 90.1 cm³/mol. The summed E-state index contributed by atoms with van der Waals surface area (Å²) < 4.78 is 6.84. The lowest BCUT2D eigenvalue weighted by molar-refractivity contribution is 0.413. The largest absolute Gasteiger partial charge is 0.454 e. The second-order valence-electron chi connectivity index (χ2n) is 5.76. The Balaban J connectivity index is 2.22. The molecule has 0 aliphatic rings. The van der Waals surface area contributed by atoms with Gasteiger partial charge in [-0.15, -0.1) is 0 Å². The molecule has 2 rings (SSSR count). The number of nitrogens with one attached hydrogen (secondary N) is 1. The Labute approximate surface area is 138 Å². The molecule has 21 heavy (non-hydrogen) atoms. The molecule has 0 aliphatic carbocycles. The average Bonchev–Trinajstić information content (AvgIpc) is 2.41. The van der Waals surface area contributed by atoms with Gasteiger partial charge in [0.15, 0.2) is 0 Å². The second kappa shape index (κ2) is 6.77. The van der Waals surface area contributed by atoms with E-state index >= 15 is 0 Å². The van der Waals surface area contributed by atoms with Crippen LogP contribution in [0.15, 0.2) is 41.1 Å². The maximum Gasteiger partial charge on any atom is 0.150 e. The lowest BCUT2D eigenvalue weighted by atomic mass is 10.1. The van der Waals surface area contributed by atoms with Crippen LogP contribution in [0.2, 0.25) is 5.02 Å². The molecule has 0 spiro atoms. The normalized spacial score (nSPS) is 11.5. The van der Waals surface area contributed by atoms with Crippen LogP contribution >= 0.6 is 27.5 Å². The molecule has 5 heteroatoms. The highest BCUT2D eigenvalue weighted by Gasteiger charge is 2.12. The highest BCUT2D eigenvalue weighted by atomic mass is 79.9. The van der Waals surface area contributed by atoms with E-state index in [4.69, 9.17) is 16.3 Å². The van der Waals surface area contributed by atoms with E-state index in [0.717, 1.165) is 10.0 Å². The first kappa shape index (κ1) is 16.3. The highest BCUT2D eigenvalue weighted by Crippen LogP contribution is 2.33. The molecule has 0 radical (unpaired) electrons. The molecule has 1 heterocycles. The Morgan fingerprint density at radius 1 is 1.24 bits per heavy atom. The van der Waals surface area contributed by atoms with E-state index in [0.29, 0.717) is 23.1 Å². The third kappa shape index (κ3) is 4.99. The summed E-state index contributed by atoms with van der Waals surface area (Å²) in [4.78, 5) is 4.13. The van der Waals surface area contributed by atoms with Gasteiger partial charge in [-0.2, -0.15) is 0 Å². The lowest BCUT2D eigenvalue weighted by Crippen LogP contribution is -2.35. The molecule has 2 aromatic rings. The smallest absolute Gasteiger partial charge is 0.150 e. The Hall–Kier alpha value is -1.10. The Morgan fingerprint density at radius 3 is 2.71 bits per heavy atom. The fourth-order valence-electron chi connectivity index (χ4n) is 1.68. The fraction of sp³-hybridized carbons (Fsp3) is 0.312. The van der Waals surface area contributed by atoms with Crippen molar-refractivity contribution in [2.45, 2.75) is 32.9 Å². The van der Waals surface area contributed by atoms with Crippen LogP contribution in [-0.4, -0.2) is 10.5 Å². The minimum absolute atomic E-state index is 0.0357. The van der Waals surface area contributed by atoms with Crippen LogP contribution in [0.3, 0.4) is 0 Å². The van der Waals surface area contributed by atoms with Crippen molar-refractivity contribution >= 4 is 27.5 Å². The Bertz CT molecular complexity index is 626. The third-order valence-electron chi connectivity index (χ3n) is 2.79. The van der Waals surface area contributed by atoms with Gasteiger partial charge in [0.1, 0.15) is 11.5 Å². The van der Waals surface area contributed by atoms with Crippen LogP contribution < -0.4 is 10.1 Å². The Kier molecular flexibility index (Phi) is 5.25. The first-order valence-electron chi connectivity index (χ1n) is 6.66. The van der Waals surface area contributed by atoms with Crippen LogP contribution in [0.4, 0.5) is 0 Å². The molecule has 0 fully saturated rings. The molecule has 0 amide bonds. The average molecular weight is 370 g/mol. The monoisotopic (exact) mass is 368 g/mol. The molecule has 1 aromatic heterocycles. The van der Waals surface area contributed by atoms with Gasteiger partial charge in [-0.3, -0.25) is 4.98 Å². The van der Waals surface area contributed by atoms with Crippen molar-refractivity contribution in [3.8, 4) is 11.5 Å². The van der Waals surface area contributed by atoms with Gasteiger partial charge in [-0.05, 0) is 45.0 Å². The van der Waals surface area contributed by atoms with E-state index in [1.165, 1.54) is 0 Å². The molecule has 1 aromatic carbocycles. The van der Waals surface area contributed by atoms with Crippen molar-refractivity contribution in [2.75, 3.05) is 0 Å². The van der Waals surface area contributed by atoms with Crippen LogP contribution in [0, 0.1) is 0 Å². The number of ether oxygens (including phenoxy) is 1. The number of rotatable bonds is 4. The number of nitrogens with zero attached hydrogens (tertiary/aromatic N) is 1. The zero-order valence-electron chi connectivity index (χ0n) is 12.3. The lowest BCUT2D eigenvalue weighted by Gasteiger charge is -2.21. The van der Waals surface area contributed by atoms with Crippen molar-refractivity contribution in [1.82, 2.24) is 10.3 Å². The molecular formula is C16H18BrClN2O. The summed E-state index contributed by atoms with van der Waals surface area (Å²) in [6.07, 6.45) is 3.46. The Morgan fingerprint density at radius 2 is 2.00 bits per heavy atom. The van der Waals surface area contributed by atoms with Crippen LogP contribution in [0.25, 0.3) is 0 Å². The van der Waals surface area contributed by atoms with E-state index in [9.17, 15) is 0 Å². The maximum atomic E-state index is 6.17. The van der Waals surface area contributed by atoms with Crippen LogP contribution in [-0.2, 0) is 6.54 Å². The van der Waals surface area contributed by atoms with Crippen molar-refractivity contribution in [3.63, 3.8) is 0 Å². The number of benzene rings is 1. The standard InChI is InChI=1S/C16H18BrClN2O/c1-16(2,3)20-9-11-6-7-19-10-15(11)21-14-8-12(17)4-5-13(14)18/h4-8,10,20H,9H2,1-3H3. The van der Waals surface area contributed by atoms with Gasteiger partial charge in [-0.1, -0.05) is 27.5 Å². The quantitative estimate of drug-likeness (QED) is 0.806. The van der Waals surface area contributed by atoms with Crippen molar-refractivity contribution in [3.05, 3.63) is 51.7 Å². The van der Waals surface area contributed by atoms with E-state index in [1.807, 2.05) is 18.2 Å². The molecule has 0 saturated heterocycles. The maximum absolute atomic E-state index is 6.17. The molecule has 1 N–H and O–H groups in total. The van der Waals surface area contributed by atoms with Crippen LogP contribution in [0.1, 0.15) is 26.3 Å². The molecular weight excluding hydrogens is 352 g/mol.